The van der Waals surface area contributed by atoms with E-state index in [1.807, 2.05) is 6.92 Å². The summed E-state index contributed by atoms with van der Waals surface area (Å²) in [6, 6.07) is 0. The summed E-state index contributed by atoms with van der Waals surface area (Å²) in [7, 11) is 1.00. The Morgan fingerprint density at radius 2 is 1.56 bits per heavy atom. The minimum Gasteiger partial charge on any atom is -0.400 e. The monoisotopic (exact) mass is 128 g/mol. The van der Waals surface area contributed by atoms with Crippen molar-refractivity contribution in [2.45, 2.75) is 20.8 Å². The van der Waals surface area contributed by atoms with Gasteiger partial charge >= 0.3 is 0 Å². The lowest BCUT2D eigenvalue weighted by molar-refractivity contribution is 0.399. The van der Waals surface area contributed by atoms with Gasteiger partial charge in [0, 0.05) is 7.11 Å². The summed E-state index contributed by atoms with van der Waals surface area (Å²) in [4.78, 5) is 0. The van der Waals surface area contributed by atoms with Crippen LogP contribution in [0.5, 0.6) is 0 Å². The Hall–Kier alpha value is -0.560. The normalized spacial score (nSPS) is 6.78. The topological polar surface area (TPSA) is 20.2 Å². The first-order valence-electron chi connectivity index (χ1n) is 2.88. The third-order valence-corrected chi connectivity index (χ3v) is 0.535. The first-order chi connectivity index (χ1) is 4.13. The summed E-state index contributed by atoms with van der Waals surface area (Å²) in [6.45, 7) is 9.84. The van der Waals surface area contributed by atoms with Crippen molar-refractivity contribution < 1.29 is 5.11 Å². The van der Waals surface area contributed by atoms with Crippen molar-refractivity contribution in [2.75, 3.05) is 7.11 Å². The molecule has 0 aliphatic rings. The second kappa shape index (κ2) is 7.44. The van der Waals surface area contributed by atoms with Crippen molar-refractivity contribution in [3.05, 3.63) is 23.8 Å². The second-order valence-electron chi connectivity index (χ2n) is 2.07. The summed E-state index contributed by atoms with van der Waals surface area (Å²) in [5.74, 6) is 0. The van der Waals surface area contributed by atoms with Gasteiger partial charge in [0.1, 0.15) is 0 Å². The molecule has 0 rings (SSSR count). The maximum absolute atomic E-state index is 7.00. The van der Waals surface area contributed by atoms with Gasteiger partial charge in [0.05, 0.1) is 0 Å². The zero-order valence-electron chi connectivity index (χ0n) is 6.73. The van der Waals surface area contributed by atoms with Crippen LogP contribution in [0.1, 0.15) is 20.8 Å². The molecule has 0 atom stereocenters. The van der Waals surface area contributed by atoms with Crippen LogP contribution < -0.4 is 0 Å². The van der Waals surface area contributed by atoms with Gasteiger partial charge in [-0.1, -0.05) is 23.8 Å². The Kier molecular flexibility index (Phi) is 9.31. The number of hydrogen-bond acceptors (Lipinski definition) is 1. The molecule has 0 amide bonds. The Labute approximate surface area is 57.7 Å². The molecule has 54 valence electrons. The van der Waals surface area contributed by atoms with Gasteiger partial charge in [-0.3, -0.25) is 0 Å². The Balaban J connectivity index is 0. The Morgan fingerprint density at radius 3 is 1.56 bits per heavy atom. The molecule has 0 radical (unpaired) electrons. The summed E-state index contributed by atoms with van der Waals surface area (Å²) < 4.78 is 0. The fourth-order valence-corrected chi connectivity index (χ4v) is 0.493. The third kappa shape index (κ3) is 18.6. The van der Waals surface area contributed by atoms with E-state index in [0.717, 1.165) is 12.7 Å². The molecule has 0 aliphatic heterocycles. The fourth-order valence-electron chi connectivity index (χ4n) is 0.493. The van der Waals surface area contributed by atoms with Gasteiger partial charge in [0.25, 0.3) is 0 Å². The van der Waals surface area contributed by atoms with E-state index in [4.69, 9.17) is 5.11 Å². The Morgan fingerprint density at radius 1 is 1.22 bits per heavy atom. The van der Waals surface area contributed by atoms with Crippen LogP contribution in [0, 0.1) is 0 Å². The highest BCUT2D eigenvalue weighted by Crippen LogP contribution is 1.95. The molecular weight excluding hydrogens is 112 g/mol. The molecule has 1 nitrogen and oxygen atoms in total. The van der Waals surface area contributed by atoms with Gasteiger partial charge in [-0.25, -0.2) is 0 Å². The van der Waals surface area contributed by atoms with Crippen molar-refractivity contribution in [3.63, 3.8) is 0 Å². The first kappa shape index (κ1) is 11.3. The van der Waals surface area contributed by atoms with Crippen molar-refractivity contribution in [1.29, 1.82) is 0 Å². The molecule has 0 saturated heterocycles. The summed E-state index contributed by atoms with van der Waals surface area (Å²) in [5, 5.41) is 7.00. The van der Waals surface area contributed by atoms with Gasteiger partial charge in [0.15, 0.2) is 0 Å². The fraction of sp³-hybridized carbons (Fsp3) is 0.500. The van der Waals surface area contributed by atoms with Crippen molar-refractivity contribution >= 4 is 0 Å². The van der Waals surface area contributed by atoms with E-state index < -0.39 is 0 Å². The van der Waals surface area contributed by atoms with E-state index in [0.29, 0.717) is 0 Å². The quantitative estimate of drug-likeness (QED) is 0.536. The van der Waals surface area contributed by atoms with Crippen LogP contribution in [0.4, 0.5) is 0 Å². The molecule has 0 saturated carbocycles. The molecule has 0 aromatic carbocycles. The standard InChI is InChI=1S/C7H12.CH4O/c1-6(2)5-7(3)4;1-2/h5H,1H2,2-4H3;2H,1H3. The minimum absolute atomic E-state index is 1.00. The maximum Gasteiger partial charge on any atom is 0.0319 e. The van der Waals surface area contributed by atoms with E-state index in [9.17, 15) is 0 Å². The van der Waals surface area contributed by atoms with E-state index in [1.54, 1.807) is 0 Å². The highest BCUT2D eigenvalue weighted by Gasteiger charge is 1.73. The first-order valence-corrected chi connectivity index (χ1v) is 2.88. The molecule has 0 aromatic rings. The van der Waals surface area contributed by atoms with Crippen molar-refractivity contribution in [1.82, 2.24) is 0 Å². The largest absolute Gasteiger partial charge is 0.400 e. The van der Waals surface area contributed by atoms with Gasteiger partial charge < -0.3 is 5.11 Å². The lowest BCUT2D eigenvalue weighted by Gasteiger charge is -1.85. The third-order valence-electron chi connectivity index (χ3n) is 0.535. The molecule has 0 aromatic heterocycles. The zero-order chi connectivity index (χ0) is 7.86. The lowest BCUT2D eigenvalue weighted by Crippen LogP contribution is -1.64. The average Bonchev–Trinajstić information content (AvgIpc) is 1.68. The van der Waals surface area contributed by atoms with Crippen molar-refractivity contribution in [3.8, 4) is 0 Å². The SMILES string of the molecule is C=C(C)C=C(C)C.CO. The molecule has 1 heteroatoms. The van der Waals surface area contributed by atoms with E-state index >= 15 is 0 Å². The van der Waals surface area contributed by atoms with Gasteiger partial charge in [0.2, 0.25) is 0 Å². The van der Waals surface area contributed by atoms with Crippen LogP contribution >= 0.6 is 0 Å². The number of aliphatic hydroxyl groups is 1. The molecule has 0 bridgehead atoms. The van der Waals surface area contributed by atoms with Crippen LogP contribution in [-0.4, -0.2) is 12.2 Å². The van der Waals surface area contributed by atoms with Crippen LogP contribution in [0.3, 0.4) is 0 Å². The van der Waals surface area contributed by atoms with Crippen LogP contribution in [0.25, 0.3) is 0 Å². The zero-order valence-corrected chi connectivity index (χ0v) is 6.73. The maximum atomic E-state index is 7.00. The Bertz CT molecular complexity index is 97.1. The molecular formula is C8H16O. The number of rotatable bonds is 1. The molecule has 1 N–H and O–H groups in total. The predicted molar refractivity (Wildman–Crippen MR) is 42.4 cm³/mol. The molecule has 0 unspecified atom stereocenters. The molecule has 9 heavy (non-hydrogen) atoms. The number of allylic oxidation sites excluding steroid dienone is 3. The van der Waals surface area contributed by atoms with Gasteiger partial charge in [-0.2, -0.15) is 0 Å². The number of aliphatic hydroxyl groups excluding tert-OH is 1. The molecule has 0 heterocycles. The number of hydrogen-bond donors (Lipinski definition) is 1. The lowest BCUT2D eigenvalue weighted by atomic mass is 10.2. The second-order valence-corrected chi connectivity index (χ2v) is 2.07. The summed E-state index contributed by atoms with van der Waals surface area (Å²) in [5.41, 5.74) is 2.44. The van der Waals surface area contributed by atoms with Crippen molar-refractivity contribution in [2.24, 2.45) is 0 Å². The summed E-state index contributed by atoms with van der Waals surface area (Å²) >= 11 is 0. The van der Waals surface area contributed by atoms with E-state index in [1.165, 1.54) is 5.57 Å². The highest BCUT2D eigenvalue weighted by atomic mass is 16.2. The molecule has 0 spiro atoms. The molecule has 0 fully saturated rings. The summed E-state index contributed by atoms with van der Waals surface area (Å²) in [6.07, 6.45) is 2.06. The van der Waals surface area contributed by atoms with Crippen LogP contribution in [-0.2, 0) is 0 Å². The predicted octanol–water partition coefficient (Wildman–Crippen LogP) is 2.14. The molecule has 0 aliphatic carbocycles. The van der Waals surface area contributed by atoms with Gasteiger partial charge in [-0.15, -0.1) is 0 Å². The van der Waals surface area contributed by atoms with Crippen LogP contribution in [0.2, 0.25) is 0 Å². The van der Waals surface area contributed by atoms with Gasteiger partial charge in [-0.05, 0) is 20.8 Å². The van der Waals surface area contributed by atoms with Crippen LogP contribution in [0.15, 0.2) is 23.8 Å². The highest BCUT2D eigenvalue weighted by molar-refractivity contribution is 5.15. The van der Waals surface area contributed by atoms with E-state index in [2.05, 4.69) is 26.5 Å². The average molecular weight is 128 g/mol. The minimum atomic E-state index is 1.00. The van der Waals surface area contributed by atoms with E-state index in [-0.39, 0.29) is 0 Å². The smallest absolute Gasteiger partial charge is 0.0319 e.